The molecule has 1 unspecified atom stereocenters. The molecule has 0 spiro atoms. The Bertz CT molecular complexity index is 2340. The summed E-state index contributed by atoms with van der Waals surface area (Å²) in [6.07, 6.45) is 6.59. The predicted molar refractivity (Wildman–Crippen MR) is 202 cm³/mol. The molecule has 2 heterocycles. The second-order valence-electron chi connectivity index (χ2n) is 14.9. The van der Waals surface area contributed by atoms with Gasteiger partial charge in [0.25, 0.3) is 0 Å². The number of rotatable bonds is 5. The maximum Gasteiger partial charge on any atom is 0.164 e. The molecule has 2 aromatic heterocycles. The molecule has 0 radical (unpaired) electrons. The third kappa shape index (κ3) is 5.27. The molecule has 5 nitrogen and oxygen atoms in total. The van der Waals surface area contributed by atoms with E-state index in [1.54, 1.807) is 0 Å². The summed E-state index contributed by atoms with van der Waals surface area (Å²) in [7, 11) is 0. The van der Waals surface area contributed by atoms with Crippen molar-refractivity contribution in [2.75, 3.05) is 0 Å². The van der Waals surface area contributed by atoms with E-state index < -0.39 is 0 Å². The Hall–Kier alpha value is -5.60. The highest BCUT2D eigenvalue weighted by molar-refractivity contribution is 6.09. The molecule has 2 saturated carbocycles. The van der Waals surface area contributed by atoms with Crippen LogP contribution in [0.15, 0.2) is 121 Å². The zero-order valence-electron chi connectivity index (χ0n) is 28.6. The number of fused-ring (bicyclic) bond motifs is 5. The normalized spacial score (nSPS) is 21.7. The van der Waals surface area contributed by atoms with Crippen molar-refractivity contribution >= 4 is 21.8 Å². The lowest BCUT2D eigenvalue weighted by atomic mass is 9.54. The Morgan fingerprint density at radius 3 is 1.72 bits per heavy atom. The van der Waals surface area contributed by atoms with Crippen molar-refractivity contribution in [2.45, 2.75) is 51.4 Å². The lowest BCUT2D eigenvalue weighted by Gasteiger charge is -2.50. The summed E-state index contributed by atoms with van der Waals surface area (Å²) in [6.45, 7) is 4.89. The first kappa shape index (κ1) is 30.5. The van der Waals surface area contributed by atoms with Crippen LogP contribution in [0, 0.1) is 29.1 Å². The maximum atomic E-state index is 9.43. The van der Waals surface area contributed by atoms with Gasteiger partial charge >= 0.3 is 0 Å². The molecule has 4 atom stereocenters. The molecule has 0 saturated heterocycles. The number of aromatic nitrogens is 4. The molecule has 0 N–H and O–H groups in total. The lowest BCUT2D eigenvalue weighted by molar-refractivity contribution is 0.0780. The number of nitriles is 1. The van der Waals surface area contributed by atoms with Crippen molar-refractivity contribution < 1.29 is 0 Å². The first-order valence-corrected chi connectivity index (χ1v) is 17.9. The van der Waals surface area contributed by atoms with Crippen LogP contribution in [0.2, 0.25) is 0 Å². The Morgan fingerprint density at radius 1 is 0.600 bits per heavy atom. The summed E-state index contributed by atoms with van der Waals surface area (Å²) in [5.41, 5.74) is 8.44. The van der Waals surface area contributed by atoms with Gasteiger partial charge in [0.2, 0.25) is 0 Å². The summed E-state index contributed by atoms with van der Waals surface area (Å²) in [5.74, 6) is 4.21. The second-order valence-corrected chi connectivity index (χ2v) is 14.9. The summed E-state index contributed by atoms with van der Waals surface area (Å²) < 4.78 is 2.32. The van der Waals surface area contributed by atoms with Crippen molar-refractivity contribution in [1.29, 1.82) is 5.26 Å². The minimum atomic E-state index is 0.268. The molecular formula is C45H39N5. The van der Waals surface area contributed by atoms with Crippen molar-refractivity contribution in [1.82, 2.24) is 19.5 Å². The Balaban J connectivity index is 1.16. The molecular weight excluding hydrogens is 611 g/mol. The summed E-state index contributed by atoms with van der Waals surface area (Å²) in [6, 6.07) is 44.4. The highest BCUT2D eigenvalue weighted by atomic mass is 15.0. The van der Waals surface area contributed by atoms with E-state index in [9.17, 15) is 5.26 Å². The first-order valence-electron chi connectivity index (χ1n) is 17.9. The van der Waals surface area contributed by atoms with Gasteiger partial charge in [-0.05, 0) is 109 Å². The van der Waals surface area contributed by atoms with Crippen LogP contribution in [0.3, 0.4) is 0 Å². The monoisotopic (exact) mass is 649 g/mol. The molecule has 5 aromatic carbocycles. The van der Waals surface area contributed by atoms with Crippen LogP contribution in [0.4, 0.5) is 0 Å². The van der Waals surface area contributed by atoms with E-state index in [-0.39, 0.29) is 5.41 Å². The van der Waals surface area contributed by atoms with Crippen LogP contribution in [0.1, 0.15) is 57.1 Å². The quantitative estimate of drug-likeness (QED) is 0.186. The van der Waals surface area contributed by atoms with Gasteiger partial charge in [-0.15, -0.1) is 0 Å². The van der Waals surface area contributed by atoms with Crippen LogP contribution in [-0.2, 0) is 5.41 Å². The standard InChI is InChI=1S/C45H39N5/c1-29-22-32-23-30(2)26-45(25-29,27-32)36-20-18-34(19-21-36)43-47-42(33-16-14-31(28-46)15-17-33)48-44(49-43)35-8-7-9-37(24-35)50-40-12-5-3-10-38(40)39-11-4-6-13-41(39)50/h3-21,24,29-30,32H,22-23,25-27H2,1-2H3/t29-,30+,32-,45?. The average Bonchev–Trinajstić information content (AvgIpc) is 3.49. The van der Waals surface area contributed by atoms with E-state index in [2.05, 4.69) is 122 Å². The fourth-order valence-electron chi connectivity index (χ4n) is 9.47. The van der Waals surface area contributed by atoms with E-state index in [1.165, 1.54) is 48.4 Å². The van der Waals surface area contributed by atoms with Gasteiger partial charge in [-0.2, -0.15) is 5.26 Å². The van der Waals surface area contributed by atoms with E-state index in [0.717, 1.165) is 51.2 Å². The minimum absolute atomic E-state index is 0.268. The number of hydrogen-bond donors (Lipinski definition) is 0. The van der Waals surface area contributed by atoms with Crippen LogP contribution in [0.5, 0.6) is 0 Å². The van der Waals surface area contributed by atoms with E-state index >= 15 is 0 Å². The van der Waals surface area contributed by atoms with E-state index in [4.69, 9.17) is 15.0 Å². The third-order valence-electron chi connectivity index (χ3n) is 11.2. The molecule has 5 heteroatoms. The van der Waals surface area contributed by atoms with Crippen LogP contribution in [-0.4, -0.2) is 19.5 Å². The maximum absolute atomic E-state index is 9.43. The SMILES string of the molecule is C[C@@H]1C[C@@H]2C[C@H](C)CC(c3ccc(-c4nc(-c5ccc(C#N)cc5)nc(-c5cccc(-n6c7ccccc7c7ccccc76)c5)n4)cc3)(C1)C2. The summed E-state index contributed by atoms with van der Waals surface area (Å²) >= 11 is 0. The minimum Gasteiger partial charge on any atom is -0.309 e. The lowest BCUT2D eigenvalue weighted by Crippen LogP contribution is -2.42. The fourth-order valence-corrected chi connectivity index (χ4v) is 9.47. The third-order valence-corrected chi connectivity index (χ3v) is 11.2. The molecule has 2 aliphatic rings. The van der Waals surface area contributed by atoms with Crippen LogP contribution >= 0.6 is 0 Å². The number of hydrogen-bond acceptors (Lipinski definition) is 4. The highest BCUT2D eigenvalue weighted by Crippen LogP contribution is 2.54. The molecule has 0 amide bonds. The van der Waals surface area contributed by atoms with Gasteiger partial charge in [-0.1, -0.05) is 86.6 Å². The van der Waals surface area contributed by atoms with Gasteiger partial charge in [0.05, 0.1) is 22.7 Å². The Kier molecular flexibility index (Phi) is 7.35. The molecule has 2 fully saturated rings. The smallest absolute Gasteiger partial charge is 0.164 e. The van der Waals surface area contributed by atoms with Gasteiger partial charge in [-0.3, -0.25) is 0 Å². The van der Waals surface area contributed by atoms with E-state index in [0.29, 0.717) is 23.0 Å². The second kappa shape index (κ2) is 12.1. The van der Waals surface area contributed by atoms with Crippen molar-refractivity contribution in [2.24, 2.45) is 17.8 Å². The van der Waals surface area contributed by atoms with Crippen molar-refractivity contribution in [3.05, 3.63) is 132 Å². The molecule has 244 valence electrons. The molecule has 50 heavy (non-hydrogen) atoms. The zero-order valence-corrected chi connectivity index (χ0v) is 28.6. The topological polar surface area (TPSA) is 67.4 Å². The van der Waals surface area contributed by atoms with Crippen molar-refractivity contribution in [3.63, 3.8) is 0 Å². The zero-order chi connectivity index (χ0) is 33.8. The Morgan fingerprint density at radius 2 is 1.14 bits per heavy atom. The molecule has 0 aliphatic heterocycles. The van der Waals surface area contributed by atoms with Gasteiger partial charge in [0.15, 0.2) is 17.5 Å². The molecule has 2 aliphatic carbocycles. The highest BCUT2D eigenvalue weighted by Gasteiger charge is 2.45. The van der Waals surface area contributed by atoms with Gasteiger partial charge in [0, 0.05) is 33.2 Å². The Labute approximate surface area is 293 Å². The molecule has 9 rings (SSSR count). The number of benzene rings is 5. The molecule has 2 bridgehead atoms. The first-order chi connectivity index (χ1) is 24.5. The largest absolute Gasteiger partial charge is 0.309 e. The van der Waals surface area contributed by atoms with Crippen molar-refractivity contribution in [3.8, 4) is 45.9 Å². The van der Waals surface area contributed by atoms with Gasteiger partial charge in [0.1, 0.15) is 0 Å². The summed E-state index contributed by atoms with van der Waals surface area (Å²) in [4.78, 5) is 15.2. The summed E-state index contributed by atoms with van der Waals surface area (Å²) in [5, 5.41) is 11.9. The number of para-hydroxylation sites is 2. The predicted octanol–water partition coefficient (Wildman–Crippen LogP) is 10.9. The van der Waals surface area contributed by atoms with Crippen LogP contribution in [0.25, 0.3) is 61.7 Å². The molecule has 7 aromatic rings. The number of nitrogens with zero attached hydrogens (tertiary/aromatic N) is 5. The van der Waals surface area contributed by atoms with E-state index in [1.807, 2.05) is 24.3 Å². The van der Waals surface area contributed by atoms with Crippen LogP contribution < -0.4 is 0 Å². The average molecular weight is 650 g/mol. The van der Waals surface area contributed by atoms with Gasteiger partial charge in [-0.25, -0.2) is 15.0 Å². The fraction of sp³-hybridized carbons (Fsp3) is 0.244. The van der Waals surface area contributed by atoms with Gasteiger partial charge < -0.3 is 4.57 Å².